The van der Waals surface area contributed by atoms with Crippen molar-refractivity contribution in [1.29, 1.82) is 0 Å². The van der Waals surface area contributed by atoms with Crippen molar-refractivity contribution >= 4 is 17.6 Å². The predicted molar refractivity (Wildman–Crippen MR) is 120 cm³/mol. The molecule has 0 aliphatic carbocycles. The number of allylic oxidation sites excluding steroid dienone is 1. The molecule has 0 radical (unpaired) electrons. The van der Waals surface area contributed by atoms with Gasteiger partial charge in [0.25, 0.3) is 11.6 Å². The first-order valence-electron chi connectivity index (χ1n) is 11.0. The highest BCUT2D eigenvalue weighted by molar-refractivity contribution is 6.04. The summed E-state index contributed by atoms with van der Waals surface area (Å²) in [4.78, 5) is 41.6. The van der Waals surface area contributed by atoms with E-state index in [2.05, 4.69) is 24.1 Å². The third-order valence-corrected chi connectivity index (χ3v) is 6.03. The first kappa shape index (κ1) is 23.5. The number of carbonyl (C=O) groups excluding carboxylic acids is 2. The summed E-state index contributed by atoms with van der Waals surface area (Å²) in [5.74, 6) is -1.66. The van der Waals surface area contributed by atoms with Crippen molar-refractivity contribution in [3.05, 3.63) is 62.5 Å². The molecule has 0 fully saturated rings. The first-order valence-corrected chi connectivity index (χ1v) is 11.0. The minimum atomic E-state index is -0.863. The Bertz CT molecular complexity index is 980. The van der Waals surface area contributed by atoms with Crippen molar-refractivity contribution in [2.45, 2.75) is 33.6 Å². The Balaban J connectivity index is 2.05. The van der Waals surface area contributed by atoms with Crippen LogP contribution in [0.1, 0.15) is 39.2 Å². The van der Waals surface area contributed by atoms with Gasteiger partial charge in [-0.05, 0) is 26.9 Å². The molecule has 0 spiro atoms. The monoisotopic (exact) mass is 442 g/mol. The molecule has 1 N–H and O–H groups in total. The van der Waals surface area contributed by atoms with E-state index >= 15 is 0 Å². The third kappa shape index (κ3) is 4.38. The Labute approximate surface area is 187 Å². The number of nitro groups is 1. The van der Waals surface area contributed by atoms with Gasteiger partial charge in [-0.1, -0.05) is 32.0 Å². The smallest absolute Gasteiger partial charge is 0.336 e. The number of esters is 1. The summed E-state index contributed by atoms with van der Waals surface area (Å²) in [6.07, 6.45) is 0. The largest absolute Gasteiger partial charge is 0.463 e. The highest BCUT2D eigenvalue weighted by atomic mass is 16.6. The van der Waals surface area contributed by atoms with Gasteiger partial charge in [-0.2, -0.15) is 0 Å². The number of rotatable bonds is 9. The second kappa shape index (κ2) is 9.95. The summed E-state index contributed by atoms with van der Waals surface area (Å²) < 4.78 is 5.26. The van der Waals surface area contributed by atoms with Crippen molar-refractivity contribution in [3.8, 4) is 0 Å². The van der Waals surface area contributed by atoms with Crippen LogP contribution in [0.25, 0.3) is 0 Å². The molecule has 0 bridgehead atoms. The number of carbonyl (C=O) groups is 2. The fourth-order valence-electron chi connectivity index (χ4n) is 4.38. The molecule has 0 saturated carbocycles. The quantitative estimate of drug-likeness (QED) is 0.356. The molecule has 2 aliphatic heterocycles. The minimum Gasteiger partial charge on any atom is -0.463 e. The second-order valence-electron chi connectivity index (χ2n) is 7.78. The molecule has 32 heavy (non-hydrogen) atoms. The molecule has 3 rings (SSSR count). The van der Waals surface area contributed by atoms with E-state index in [1.165, 1.54) is 6.07 Å². The van der Waals surface area contributed by atoms with Crippen LogP contribution in [0.15, 0.2) is 46.8 Å². The van der Waals surface area contributed by atoms with Gasteiger partial charge in [-0.15, -0.1) is 0 Å². The van der Waals surface area contributed by atoms with E-state index in [9.17, 15) is 19.7 Å². The zero-order chi connectivity index (χ0) is 23.4. The molecular formula is C23H30N4O5. The van der Waals surface area contributed by atoms with Gasteiger partial charge in [-0.3, -0.25) is 14.9 Å². The molecule has 1 unspecified atom stereocenters. The van der Waals surface area contributed by atoms with E-state index in [1.807, 2.05) is 0 Å². The molecule has 2 heterocycles. The minimum absolute atomic E-state index is 0.129. The highest BCUT2D eigenvalue weighted by Gasteiger charge is 2.45. The fourth-order valence-corrected chi connectivity index (χ4v) is 4.38. The summed E-state index contributed by atoms with van der Waals surface area (Å²) in [7, 11) is 0. The maximum absolute atomic E-state index is 13.5. The van der Waals surface area contributed by atoms with Gasteiger partial charge >= 0.3 is 5.97 Å². The van der Waals surface area contributed by atoms with Crippen LogP contribution < -0.4 is 5.32 Å². The van der Waals surface area contributed by atoms with E-state index in [-0.39, 0.29) is 23.8 Å². The summed E-state index contributed by atoms with van der Waals surface area (Å²) in [5.41, 5.74) is 2.03. The Kier molecular flexibility index (Phi) is 7.29. The number of nitrogens with one attached hydrogen (secondary N) is 1. The lowest BCUT2D eigenvalue weighted by Crippen LogP contribution is -2.37. The topological polar surface area (TPSA) is 105 Å². The van der Waals surface area contributed by atoms with Crippen LogP contribution in [0.4, 0.5) is 5.69 Å². The van der Waals surface area contributed by atoms with Crippen LogP contribution in [0.5, 0.6) is 0 Å². The average Bonchev–Trinajstić information content (AvgIpc) is 3.08. The SMILES string of the molecule is CCOC(=O)C1=C(C)NC2=C(C(=O)N(CCN(CC)CC)C2)C1c1ccccc1[N+](=O)[O-]. The molecular weight excluding hydrogens is 412 g/mol. The van der Waals surface area contributed by atoms with Gasteiger partial charge in [0.05, 0.1) is 35.1 Å². The second-order valence-corrected chi connectivity index (χ2v) is 7.78. The van der Waals surface area contributed by atoms with Crippen LogP contribution in [-0.2, 0) is 14.3 Å². The number of hydrogen-bond donors (Lipinski definition) is 1. The molecule has 172 valence electrons. The molecule has 9 heteroatoms. The summed E-state index contributed by atoms with van der Waals surface area (Å²) in [5, 5.41) is 15.0. The molecule has 1 aromatic rings. The standard InChI is InChI=1S/C23H30N4O5/c1-5-25(6-2)12-13-26-14-17-21(22(26)28)20(16-10-8-9-11-18(16)27(30)31)19(15(4)24-17)23(29)32-7-3/h8-11,20,24H,5-7,12-14H2,1-4H3. The van der Waals surface area contributed by atoms with Crippen molar-refractivity contribution in [2.24, 2.45) is 0 Å². The van der Waals surface area contributed by atoms with Crippen LogP contribution in [0, 0.1) is 10.1 Å². The lowest BCUT2D eigenvalue weighted by atomic mass is 9.80. The number of amides is 1. The van der Waals surface area contributed by atoms with E-state index in [0.29, 0.717) is 35.6 Å². The van der Waals surface area contributed by atoms with Gasteiger partial charge in [0.2, 0.25) is 0 Å². The summed E-state index contributed by atoms with van der Waals surface area (Å²) in [6.45, 7) is 11.2. The number of benzene rings is 1. The van der Waals surface area contributed by atoms with Crippen molar-refractivity contribution < 1.29 is 19.2 Å². The molecule has 0 aromatic heterocycles. The number of likely N-dealkylation sites (N-methyl/N-ethyl adjacent to an activating group) is 1. The molecule has 1 atom stereocenters. The molecule has 1 aromatic carbocycles. The normalized spacial score (nSPS) is 18.2. The van der Waals surface area contributed by atoms with Crippen LogP contribution in [0.2, 0.25) is 0 Å². The fraction of sp³-hybridized carbons (Fsp3) is 0.478. The van der Waals surface area contributed by atoms with E-state index in [1.54, 1.807) is 36.9 Å². The van der Waals surface area contributed by atoms with Gasteiger partial charge in [0, 0.05) is 36.1 Å². The first-order chi connectivity index (χ1) is 15.3. The van der Waals surface area contributed by atoms with Crippen LogP contribution >= 0.6 is 0 Å². The lowest BCUT2D eigenvalue weighted by molar-refractivity contribution is -0.385. The Morgan fingerprint density at radius 1 is 1.28 bits per heavy atom. The van der Waals surface area contributed by atoms with E-state index in [0.717, 1.165) is 19.6 Å². The average molecular weight is 443 g/mol. The molecule has 2 aliphatic rings. The maximum Gasteiger partial charge on any atom is 0.336 e. The van der Waals surface area contributed by atoms with Crippen molar-refractivity contribution in [1.82, 2.24) is 15.1 Å². The summed E-state index contributed by atoms with van der Waals surface area (Å²) >= 11 is 0. The van der Waals surface area contributed by atoms with E-state index < -0.39 is 16.8 Å². The number of nitrogens with zero attached hydrogens (tertiary/aromatic N) is 3. The number of ether oxygens (including phenoxy) is 1. The lowest BCUT2D eigenvalue weighted by Gasteiger charge is -2.28. The molecule has 1 amide bonds. The van der Waals surface area contributed by atoms with Gasteiger partial charge in [-0.25, -0.2) is 4.79 Å². The zero-order valence-electron chi connectivity index (χ0n) is 19.0. The van der Waals surface area contributed by atoms with Crippen molar-refractivity contribution in [3.63, 3.8) is 0 Å². The summed E-state index contributed by atoms with van der Waals surface area (Å²) in [6, 6.07) is 6.26. The zero-order valence-corrected chi connectivity index (χ0v) is 19.0. The highest BCUT2D eigenvalue weighted by Crippen LogP contribution is 2.44. The van der Waals surface area contributed by atoms with Crippen LogP contribution in [0.3, 0.4) is 0 Å². The van der Waals surface area contributed by atoms with Crippen molar-refractivity contribution in [2.75, 3.05) is 39.3 Å². The third-order valence-electron chi connectivity index (χ3n) is 6.03. The maximum atomic E-state index is 13.5. The van der Waals surface area contributed by atoms with Crippen LogP contribution in [-0.4, -0.2) is 65.9 Å². The number of para-hydroxylation sites is 1. The number of dihydropyridines is 1. The predicted octanol–water partition coefficient (Wildman–Crippen LogP) is 2.56. The Morgan fingerprint density at radius 2 is 1.97 bits per heavy atom. The number of hydrogen-bond acceptors (Lipinski definition) is 7. The van der Waals surface area contributed by atoms with E-state index in [4.69, 9.17) is 4.74 Å². The molecule has 0 saturated heterocycles. The van der Waals surface area contributed by atoms with Gasteiger partial charge in [0.15, 0.2) is 0 Å². The van der Waals surface area contributed by atoms with Gasteiger partial charge < -0.3 is 19.9 Å². The Morgan fingerprint density at radius 3 is 2.59 bits per heavy atom. The number of nitro benzene ring substituents is 1. The molecule has 9 nitrogen and oxygen atoms in total. The Hall–Kier alpha value is -3.20. The van der Waals surface area contributed by atoms with Gasteiger partial charge in [0.1, 0.15) is 0 Å².